The lowest BCUT2D eigenvalue weighted by atomic mass is 9.93. The maximum atomic E-state index is 13.3. The minimum Gasteiger partial charge on any atom is -0.313 e. The zero-order chi connectivity index (χ0) is 22.5. The second-order valence-corrected chi connectivity index (χ2v) is 12.1. The van der Waals surface area contributed by atoms with Crippen molar-refractivity contribution in [1.82, 2.24) is 0 Å². The van der Waals surface area contributed by atoms with E-state index in [4.69, 9.17) is 0 Å². The van der Waals surface area contributed by atoms with E-state index in [2.05, 4.69) is 5.32 Å². The van der Waals surface area contributed by atoms with Crippen LogP contribution < -0.4 is 9.62 Å². The number of hydrogen-bond donors (Lipinski definition) is 1. The Morgan fingerprint density at radius 2 is 1.91 bits per heavy atom. The highest BCUT2D eigenvalue weighted by Gasteiger charge is 2.29. The zero-order valence-electron chi connectivity index (χ0n) is 17.5. The summed E-state index contributed by atoms with van der Waals surface area (Å²) < 4.78 is 25.3. The summed E-state index contributed by atoms with van der Waals surface area (Å²) in [6.45, 7) is 0.385. The first-order valence-corrected chi connectivity index (χ1v) is 14.0. The quantitative estimate of drug-likeness (QED) is 0.539. The van der Waals surface area contributed by atoms with E-state index in [1.54, 1.807) is 18.2 Å². The summed E-state index contributed by atoms with van der Waals surface area (Å²) in [4.78, 5) is 28.2. The lowest BCUT2D eigenvalue weighted by Gasteiger charge is -2.16. The van der Waals surface area contributed by atoms with Gasteiger partial charge in [0.25, 0.3) is 5.91 Å². The highest BCUT2D eigenvalue weighted by molar-refractivity contribution is 7.92. The number of sulfonamides is 1. The molecule has 2 aliphatic rings. The number of hydrogen-bond acceptors (Lipinski definition) is 6. The molecule has 0 fully saturated rings. The average molecular weight is 487 g/mol. The Morgan fingerprint density at radius 3 is 2.66 bits per heavy atom. The van der Waals surface area contributed by atoms with Crippen molar-refractivity contribution in [3.05, 3.63) is 67.7 Å². The van der Waals surface area contributed by atoms with Crippen molar-refractivity contribution in [2.45, 2.75) is 32.1 Å². The van der Waals surface area contributed by atoms with E-state index >= 15 is 0 Å². The van der Waals surface area contributed by atoms with Gasteiger partial charge < -0.3 is 5.32 Å². The van der Waals surface area contributed by atoms with Gasteiger partial charge in [0.1, 0.15) is 5.00 Å². The fourth-order valence-corrected chi connectivity index (χ4v) is 7.37. The highest BCUT2D eigenvalue weighted by Crippen LogP contribution is 2.40. The molecule has 1 aliphatic heterocycles. The lowest BCUT2D eigenvalue weighted by Crippen LogP contribution is -2.27. The summed E-state index contributed by atoms with van der Waals surface area (Å²) in [6, 6.07) is 8.77. The predicted molar refractivity (Wildman–Crippen MR) is 129 cm³/mol. The molecule has 1 aromatic carbocycles. The van der Waals surface area contributed by atoms with Crippen LogP contribution in [-0.2, 0) is 29.3 Å². The molecule has 2 aromatic heterocycles. The molecule has 0 saturated heterocycles. The van der Waals surface area contributed by atoms with Gasteiger partial charge in [-0.1, -0.05) is 6.07 Å². The predicted octanol–water partition coefficient (Wildman–Crippen LogP) is 4.49. The topological polar surface area (TPSA) is 83.6 Å². The molecular weight excluding hydrogens is 464 g/mol. The van der Waals surface area contributed by atoms with E-state index in [0.29, 0.717) is 39.7 Å². The van der Waals surface area contributed by atoms with Crippen LogP contribution in [-0.4, -0.2) is 32.9 Å². The molecule has 0 saturated carbocycles. The monoisotopic (exact) mass is 486 g/mol. The van der Waals surface area contributed by atoms with Gasteiger partial charge in [0.2, 0.25) is 15.8 Å². The molecule has 1 N–H and O–H groups in total. The van der Waals surface area contributed by atoms with Gasteiger partial charge in [-0.05, 0) is 72.9 Å². The molecule has 0 radical (unpaired) electrons. The molecule has 1 amide bonds. The Kier molecular flexibility index (Phi) is 5.43. The van der Waals surface area contributed by atoms with Crippen LogP contribution in [0.3, 0.4) is 0 Å². The number of fused-ring (bicyclic) bond motifs is 2. The van der Waals surface area contributed by atoms with Gasteiger partial charge in [-0.15, -0.1) is 22.7 Å². The summed E-state index contributed by atoms with van der Waals surface area (Å²) in [6.07, 6.45) is 5.68. The third kappa shape index (κ3) is 3.78. The molecule has 1 aliphatic carbocycles. The van der Waals surface area contributed by atoms with Crippen molar-refractivity contribution in [2.75, 3.05) is 22.4 Å². The maximum Gasteiger partial charge on any atom is 0.256 e. The van der Waals surface area contributed by atoms with Crippen LogP contribution in [0, 0.1) is 0 Å². The second-order valence-electron chi connectivity index (χ2n) is 8.10. The average Bonchev–Trinajstić information content (AvgIpc) is 3.49. The highest BCUT2D eigenvalue weighted by atomic mass is 32.2. The molecule has 9 heteroatoms. The minimum absolute atomic E-state index is 0.0348. The standard InChI is InChI=1S/C23H22N2O4S3/c1-32(28,29)25-11-10-14-13-15(8-9-17(14)25)22(27)24-23-20(21(26)19-7-4-12-30-19)16-5-2-3-6-18(16)31-23/h4,7-9,12-13H,2-3,5-6,10-11H2,1H3,(H,24,27). The van der Waals surface area contributed by atoms with E-state index in [-0.39, 0.29) is 11.7 Å². The van der Waals surface area contributed by atoms with Crippen LogP contribution in [0.2, 0.25) is 0 Å². The smallest absolute Gasteiger partial charge is 0.256 e. The Balaban J connectivity index is 1.47. The fraction of sp³-hybridized carbons (Fsp3) is 0.304. The number of benzene rings is 1. The van der Waals surface area contributed by atoms with Crippen molar-refractivity contribution in [1.29, 1.82) is 0 Å². The van der Waals surface area contributed by atoms with E-state index < -0.39 is 10.0 Å². The largest absolute Gasteiger partial charge is 0.313 e. The summed E-state index contributed by atoms with van der Waals surface area (Å²) in [5.74, 6) is -0.322. The van der Waals surface area contributed by atoms with Gasteiger partial charge in [-0.2, -0.15) is 0 Å². The normalized spacial score (nSPS) is 15.3. The summed E-state index contributed by atoms with van der Waals surface area (Å²) in [5.41, 5.74) is 3.63. The second kappa shape index (κ2) is 8.13. The number of amides is 1. The number of nitrogens with one attached hydrogen (secondary N) is 1. The van der Waals surface area contributed by atoms with Crippen molar-refractivity contribution >= 4 is 55.1 Å². The molecule has 3 heterocycles. The van der Waals surface area contributed by atoms with Gasteiger partial charge in [-0.3, -0.25) is 13.9 Å². The molecule has 0 bridgehead atoms. The number of thiophene rings is 2. The van der Waals surface area contributed by atoms with Crippen LogP contribution in [0.25, 0.3) is 0 Å². The van der Waals surface area contributed by atoms with Crippen molar-refractivity contribution in [3.8, 4) is 0 Å². The minimum atomic E-state index is -3.34. The van der Waals surface area contributed by atoms with Crippen LogP contribution in [0.5, 0.6) is 0 Å². The molecule has 32 heavy (non-hydrogen) atoms. The zero-order valence-corrected chi connectivity index (χ0v) is 20.0. The Bertz CT molecular complexity index is 1320. The summed E-state index contributed by atoms with van der Waals surface area (Å²) >= 11 is 2.91. The van der Waals surface area contributed by atoms with Gasteiger partial charge >= 0.3 is 0 Å². The van der Waals surface area contributed by atoms with Gasteiger partial charge in [0.15, 0.2) is 0 Å². The number of rotatable bonds is 5. The van der Waals surface area contributed by atoms with Crippen molar-refractivity contribution in [3.63, 3.8) is 0 Å². The van der Waals surface area contributed by atoms with E-state index in [0.717, 1.165) is 36.8 Å². The first kappa shape index (κ1) is 21.4. The first-order chi connectivity index (χ1) is 15.3. The first-order valence-electron chi connectivity index (χ1n) is 10.5. The van der Waals surface area contributed by atoms with E-state index in [1.807, 2.05) is 17.5 Å². The number of carbonyl (C=O) groups excluding carboxylic acids is 2. The molecule has 3 aromatic rings. The fourth-order valence-electron chi connectivity index (χ4n) is 4.46. The van der Waals surface area contributed by atoms with E-state index in [1.165, 1.54) is 38.1 Å². The van der Waals surface area contributed by atoms with Crippen molar-refractivity contribution in [2.24, 2.45) is 0 Å². The number of ketones is 1. The van der Waals surface area contributed by atoms with Crippen molar-refractivity contribution < 1.29 is 18.0 Å². The van der Waals surface area contributed by atoms with E-state index in [9.17, 15) is 18.0 Å². The number of carbonyl (C=O) groups is 2. The molecule has 0 spiro atoms. The van der Waals surface area contributed by atoms with Gasteiger partial charge in [-0.25, -0.2) is 8.42 Å². The third-order valence-electron chi connectivity index (χ3n) is 5.97. The third-order valence-corrected chi connectivity index (χ3v) is 9.22. The molecule has 0 atom stereocenters. The molecule has 166 valence electrons. The lowest BCUT2D eigenvalue weighted by molar-refractivity contribution is 0.102. The Labute approximate surface area is 194 Å². The van der Waals surface area contributed by atoms with Crippen LogP contribution in [0.15, 0.2) is 35.7 Å². The van der Waals surface area contributed by atoms with Crippen LogP contribution in [0.1, 0.15) is 54.4 Å². The maximum absolute atomic E-state index is 13.3. The molecule has 5 rings (SSSR count). The number of anilines is 2. The summed E-state index contributed by atoms with van der Waals surface area (Å²) in [5, 5.41) is 5.48. The number of nitrogens with zero attached hydrogens (tertiary/aromatic N) is 1. The Morgan fingerprint density at radius 1 is 1.09 bits per heavy atom. The van der Waals surface area contributed by atoms with Crippen LogP contribution >= 0.6 is 22.7 Å². The van der Waals surface area contributed by atoms with Gasteiger partial charge in [0.05, 0.1) is 22.4 Å². The summed E-state index contributed by atoms with van der Waals surface area (Å²) in [7, 11) is -3.34. The number of aryl methyl sites for hydroxylation is 1. The molecule has 6 nitrogen and oxygen atoms in total. The molecule has 0 unspecified atom stereocenters. The Hall–Kier alpha value is -2.49. The van der Waals surface area contributed by atoms with Gasteiger partial charge in [0, 0.05) is 17.0 Å². The SMILES string of the molecule is CS(=O)(=O)N1CCc2cc(C(=O)Nc3sc4c(c3C(=O)c3cccs3)CCCC4)ccc21. The van der Waals surface area contributed by atoms with Crippen LogP contribution in [0.4, 0.5) is 10.7 Å². The molecular formula is C23H22N2O4S3.